The van der Waals surface area contributed by atoms with E-state index in [2.05, 4.69) is 29.2 Å². The molecular formula is C25H27NO4. The van der Waals surface area contributed by atoms with Crippen molar-refractivity contribution in [2.75, 3.05) is 20.3 Å². The maximum atomic E-state index is 11.5. The summed E-state index contributed by atoms with van der Waals surface area (Å²) in [5, 5.41) is 10.6. The van der Waals surface area contributed by atoms with Crippen LogP contribution in [-0.4, -0.2) is 42.3 Å². The van der Waals surface area contributed by atoms with Crippen LogP contribution in [0.2, 0.25) is 0 Å². The van der Waals surface area contributed by atoms with Gasteiger partial charge in [-0.05, 0) is 35.4 Å². The smallest absolute Gasteiger partial charge is 0.337 e. The second-order valence-corrected chi connectivity index (χ2v) is 7.12. The van der Waals surface area contributed by atoms with E-state index in [0.29, 0.717) is 17.9 Å². The first kappa shape index (κ1) is 21.6. The first-order chi connectivity index (χ1) is 14.6. The van der Waals surface area contributed by atoms with Gasteiger partial charge in [-0.3, -0.25) is 4.90 Å². The van der Waals surface area contributed by atoms with Gasteiger partial charge in [0.1, 0.15) is 18.5 Å². The lowest BCUT2D eigenvalue weighted by Crippen LogP contribution is -2.35. The molecule has 0 heterocycles. The fraction of sp³-hybridized carbons (Fsp3) is 0.240. The molecule has 3 aromatic rings. The number of aliphatic hydroxyl groups excluding tert-OH is 1. The number of nitrogens with zero attached hydrogens (tertiary/aromatic N) is 1. The summed E-state index contributed by atoms with van der Waals surface area (Å²) in [7, 11) is 1.35. The molecule has 0 aromatic heterocycles. The van der Waals surface area contributed by atoms with Gasteiger partial charge >= 0.3 is 5.97 Å². The Hall–Kier alpha value is -3.15. The number of rotatable bonds is 10. The minimum Gasteiger partial charge on any atom is -0.491 e. The lowest BCUT2D eigenvalue weighted by Gasteiger charge is -2.25. The lowest BCUT2D eigenvalue weighted by atomic mass is 10.1. The van der Waals surface area contributed by atoms with Crippen LogP contribution in [0.4, 0.5) is 0 Å². The molecule has 0 aliphatic carbocycles. The molecule has 0 saturated heterocycles. The van der Waals surface area contributed by atoms with Gasteiger partial charge in [-0.2, -0.15) is 0 Å². The van der Waals surface area contributed by atoms with Crippen LogP contribution in [0, 0.1) is 0 Å². The zero-order valence-electron chi connectivity index (χ0n) is 17.1. The zero-order valence-corrected chi connectivity index (χ0v) is 17.1. The highest BCUT2D eigenvalue weighted by Gasteiger charge is 2.14. The van der Waals surface area contributed by atoms with Gasteiger partial charge in [-0.25, -0.2) is 4.79 Å². The highest BCUT2D eigenvalue weighted by atomic mass is 16.5. The number of methoxy groups -OCH3 is 1. The molecule has 0 fully saturated rings. The Morgan fingerprint density at radius 1 is 0.867 bits per heavy atom. The predicted molar refractivity (Wildman–Crippen MR) is 116 cm³/mol. The van der Waals surface area contributed by atoms with E-state index in [0.717, 1.165) is 13.1 Å². The molecule has 1 N–H and O–H groups in total. The topological polar surface area (TPSA) is 59.0 Å². The number of benzene rings is 3. The molecule has 0 saturated carbocycles. The van der Waals surface area contributed by atoms with Crippen molar-refractivity contribution in [1.82, 2.24) is 4.90 Å². The number of hydrogen-bond donors (Lipinski definition) is 1. The average molecular weight is 405 g/mol. The summed E-state index contributed by atoms with van der Waals surface area (Å²) in [6, 6.07) is 27.1. The van der Waals surface area contributed by atoms with Gasteiger partial charge in [0.25, 0.3) is 0 Å². The predicted octanol–water partition coefficient (Wildman–Crippen LogP) is 3.92. The summed E-state index contributed by atoms with van der Waals surface area (Å²) in [5.74, 6) is 0.207. The maximum absolute atomic E-state index is 11.5. The van der Waals surface area contributed by atoms with Crippen molar-refractivity contribution in [3.63, 3.8) is 0 Å². The maximum Gasteiger partial charge on any atom is 0.337 e. The molecule has 5 heteroatoms. The highest BCUT2D eigenvalue weighted by molar-refractivity contribution is 5.89. The number of carbonyl (C=O) groups excluding carboxylic acids is 1. The standard InChI is InChI=1S/C25H27NO4/c1-29-25(28)22-12-14-24(15-13-22)30-19-23(27)18-26(16-20-8-4-2-5-9-20)17-21-10-6-3-7-11-21/h2-15,23,27H,16-19H2,1H3/t23-/m0/s1. The van der Waals surface area contributed by atoms with Crippen molar-refractivity contribution in [2.24, 2.45) is 0 Å². The molecule has 0 spiro atoms. The Labute approximate surface area is 177 Å². The summed E-state index contributed by atoms with van der Waals surface area (Å²) in [6.07, 6.45) is -0.655. The van der Waals surface area contributed by atoms with Crippen LogP contribution in [0.1, 0.15) is 21.5 Å². The van der Waals surface area contributed by atoms with E-state index in [1.165, 1.54) is 18.2 Å². The second-order valence-electron chi connectivity index (χ2n) is 7.12. The lowest BCUT2D eigenvalue weighted by molar-refractivity contribution is 0.0597. The van der Waals surface area contributed by atoms with Crippen molar-refractivity contribution >= 4 is 5.97 Å². The van der Waals surface area contributed by atoms with E-state index in [9.17, 15) is 9.90 Å². The van der Waals surface area contributed by atoms with Gasteiger partial charge in [0.2, 0.25) is 0 Å². The van der Waals surface area contributed by atoms with E-state index in [1.807, 2.05) is 36.4 Å². The van der Waals surface area contributed by atoms with Crippen LogP contribution in [0.15, 0.2) is 84.9 Å². The quantitative estimate of drug-likeness (QED) is 0.518. The number of ether oxygens (including phenoxy) is 2. The monoisotopic (exact) mass is 405 g/mol. The van der Waals surface area contributed by atoms with Gasteiger partial charge in [-0.1, -0.05) is 60.7 Å². The van der Waals surface area contributed by atoms with Crippen molar-refractivity contribution in [3.8, 4) is 5.75 Å². The summed E-state index contributed by atoms with van der Waals surface area (Å²) in [4.78, 5) is 13.7. The fourth-order valence-corrected chi connectivity index (χ4v) is 3.22. The summed E-state index contributed by atoms with van der Waals surface area (Å²) in [5.41, 5.74) is 2.85. The molecule has 0 amide bonds. The molecule has 5 nitrogen and oxygen atoms in total. The van der Waals surface area contributed by atoms with Gasteiger partial charge in [0, 0.05) is 19.6 Å². The third-order valence-corrected chi connectivity index (χ3v) is 4.68. The third-order valence-electron chi connectivity index (χ3n) is 4.68. The van der Waals surface area contributed by atoms with E-state index < -0.39 is 6.10 Å². The number of aliphatic hydroxyl groups is 1. The third kappa shape index (κ3) is 6.72. The van der Waals surface area contributed by atoms with Gasteiger partial charge < -0.3 is 14.6 Å². The Morgan fingerprint density at radius 2 is 1.40 bits per heavy atom. The zero-order chi connectivity index (χ0) is 21.2. The summed E-state index contributed by atoms with van der Waals surface area (Å²) < 4.78 is 10.4. The second kappa shape index (κ2) is 11.1. The van der Waals surface area contributed by atoms with E-state index in [-0.39, 0.29) is 12.6 Å². The van der Waals surface area contributed by atoms with Gasteiger partial charge in [-0.15, -0.1) is 0 Å². The Bertz CT molecular complexity index is 856. The van der Waals surface area contributed by atoms with Crippen LogP contribution < -0.4 is 4.74 Å². The minimum absolute atomic E-state index is 0.164. The normalized spacial score (nSPS) is 11.8. The molecule has 0 unspecified atom stereocenters. The molecule has 30 heavy (non-hydrogen) atoms. The van der Waals surface area contributed by atoms with Crippen LogP contribution >= 0.6 is 0 Å². The van der Waals surface area contributed by atoms with Crippen molar-refractivity contribution < 1.29 is 19.4 Å². The van der Waals surface area contributed by atoms with Crippen molar-refractivity contribution in [2.45, 2.75) is 19.2 Å². The van der Waals surface area contributed by atoms with E-state index in [1.54, 1.807) is 24.3 Å². The molecule has 0 aliphatic rings. The first-order valence-electron chi connectivity index (χ1n) is 9.93. The molecule has 0 radical (unpaired) electrons. The van der Waals surface area contributed by atoms with Crippen LogP contribution in [0.5, 0.6) is 5.75 Å². The van der Waals surface area contributed by atoms with Crippen LogP contribution in [0.3, 0.4) is 0 Å². The number of hydrogen-bond acceptors (Lipinski definition) is 5. The Morgan fingerprint density at radius 3 is 1.90 bits per heavy atom. The Balaban J connectivity index is 1.58. The first-order valence-corrected chi connectivity index (χ1v) is 9.93. The molecule has 3 aromatic carbocycles. The van der Waals surface area contributed by atoms with Gasteiger partial charge in [0.15, 0.2) is 0 Å². The highest BCUT2D eigenvalue weighted by Crippen LogP contribution is 2.14. The Kier molecular flexibility index (Phi) is 8.01. The number of esters is 1. The molecule has 1 atom stereocenters. The largest absolute Gasteiger partial charge is 0.491 e. The molecule has 0 bridgehead atoms. The van der Waals surface area contributed by atoms with Crippen molar-refractivity contribution in [1.29, 1.82) is 0 Å². The summed E-state index contributed by atoms with van der Waals surface area (Å²) in [6.45, 7) is 2.11. The SMILES string of the molecule is COC(=O)c1ccc(OC[C@@H](O)CN(Cc2ccccc2)Cc2ccccc2)cc1. The fourth-order valence-electron chi connectivity index (χ4n) is 3.22. The van der Waals surface area contributed by atoms with Crippen molar-refractivity contribution in [3.05, 3.63) is 102 Å². The summed E-state index contributed by atoms with van der Waals surface area (Å²) >= 11 is 0. The number of carbonyl (C=O) groups is 1. The van der Waals surface area contributed by atoms with E-state index >= 15 is 0 Å². The minimum atomic E-state index is -0.655. The average Bonchev–Trinajstić information content (AvgIpc) is 2.79. The molecular weight excluding hydrogens is 378 g/mol. The van der Waals surface area contributed by atoms with Crippen LogP contribution in [0.25, 0.3) is 0 Å². The molecule has 3 rings (SSSR count). The molecule has 156 valence electrons. The van der Waals surface area contributed by atoms with Crippen LogP contribution in [-0.2, 0) is 17.8 Å². The van der Waals surface area contributed by atoms with E-state index in [4.69, 9.17) is 9.47 Å². The van der Waals surface area contributed by atoms with Gasteiger partial charge in [0.05, 0.1) is 12.7 Å². The molecule has 0 aliphatic heterocycles.